The summed E-state index contributed by atoms with van der Waals surface area (Å²) >= 11 is 3.66. The van der Waals surface area contributed by atoms with Crippen LogP contribution in [0.15, 0.2) is 4.47 Å². The van der Waals surface area contributed by atoms with Crippen molar-refractivity contribution in [2.45, 2.75) is 71.9 Å². The number of hydrogen-bond acceptors (Lipinski definition) is 2. The zero-order chi connectivity index (χ0) is 14.9. The molecule has 0 bridgehead atoms. The Balaban J connectivity index is 2.31. The predicted octanol–water partition coefficient (Wildman–Crippen LogP) is 4.09. The third-order valence-electron chi connectivity index (χ3n) is 4.80. The number of rotatable bonds is 4. The maximum atomic E-state index is 11.2. The van der Waals surface area contributed by atoms with Crippen LogP contribution in [-0.2, 0) is 13.0 Å². The molecule has 1 aromatic heterocycles. The number of aliphatic hydroxyl groups is 1. The summed E-state index contributed by atoms with van der Waals surface area (Å²) in [4.78, 5) is 0. The van der Waals surface area contributed by atoms with Gasteiger partial charge in [-0.3, -0.25) is 4.68 Å². The monoisotopic (exact) mass is 342 g/mol. The fourth-order valence-electron chi connectivity index (χ4n) is 3.75. The summed E-state index contributed by atoms with van der Waals surface area (Å²) in [5.41, 5.74) is 1.59. The molecular formula is C16H27BrN2O. The van der Waals surface area contributed by atoms with Crippen LogP contribution >= 0.6 is 15.9 Å². The maximum Gasteiger partial charge on any atom is 0.0738 e. The lowest BCUT2D eigenvalue weighted by atomic mass is 9.68. The molecule has 0 radical (unpaired) electrons. The molecule has 1 aliphatic carbocycles. The minimum Gasteiger partial charge on any atom is -0.389 e. The van der Waals surface area contributed by atoms with E-state index in [1.165, 1.54) is 6.42 Å². The normalized spacial score (nSPS) is 27.2. The van der Waals surface area contributed by atoms with Gasteiger partial charge in [0.15, 0.2) is 0 Å². The number of nitrogens with zero attached hydrogens (tertiary/aromatic N) is 2. The summed E-state index contributed by atoms with van der Waals surface area (Å²) < 4.78 is 3.10. The fraction of sp³-hybridized carbons (Fsp3) is 0.812. The van der Waals surface area contributed by atoms with Crippen molar-refractivity contribution < 1.29 is 5.11 Å². The van der Waals surface area contributed by atoms with E-state index in [9.17, 15) is 5.11 Å². The number of aryl methyl sites for hydroxylation is 2. The van der Waals surface area contributed by atoms with Gasteiger partial charge in [-0.05, 0) is 54.5 Å². The fourth-order valence-corrected chi connectivity index (χ4v) is 4.17. The Morgan fingerprint density at radius 1 is 1.45 bits per heavy atom. The highest BCUT2D eigenvalue weighted by atomic mass is 79.9. The minimum atomic E-state index is -0.575. The van der Waals surface area contributed by atoms with Gasteiger partial charge >= 0.3 is 0 Å². The second-order valence-electron chi connectivity index (χ2n) is 6.54. The van der Waals surface area contributed by atoms with Gasteiger partial charge in [-0.1, -0.05) is 26.7 Å². The Labute approximate surface area is 130 Å². The molecule has 1 aromatic rings. The molecule has 2 rings (SSSR count). The first kappa shape index (κ1) is 16.0. The van der Waals surface area contributed by atoms with Gasteiger partial charge < -0.3 is 5.11 Å². The molecule has 20 heavy (non-hydrogen) atoms. The summed E-state index contributed by atoms with van der Waals surface area (Å²) in [6.07, 6.45) is 5.15. The molecule has 0 amide bonds. The summed E-state index contributed by atoms with van der Waals surface area (Å²) in [6, 6.07) is 0. The summed E-state index contributed by atoms with van der Waals surface area (Å²) in [5, 5.41) is 15.8. The quantitative estimate of drug-likeness (QED) is 0.894. The Morgan fingerprint density at radius 3 is 2.75 bits per heavy atom. The van der Waals surface area contributed by atoms with E-state index in [4.69, 9.17) is 0 Å². The molecule has 1 N–H and O–H groups in total. The van der Waals surface area contributed by atoms with E-state index >= 15 is 0 Å². The highest BCUT2D eigenvalue weighted by Crippen LogP contribution is 2.41. The summed E-state index contributed by atoms with van der Waals surface area (Å²) in [7, 11) is 0. The lowest BCUT2D eigenvalue weighted by Gasteiger charge is -2.42. The van der Waals surface area contributed by atoms with Crippen molar-refractivity contribution in [1.82, 2.24) is 9.78 Å². The van der Waals surface area contributed by atoms with Crippen LogP contribution in [0.4, 0.5) is 0 Å². The molecule has 1 heterocycles. The maximum absolute atomic E-state index is 11.2. The van der Waals surface area contributed by atoms with Gasteiger partial charge in [0.2, 0.25) is 0 Å². The molecule has 2 unspecified atom stereocenters. The first-order valence-corrected chi connectivity index (χ1v) is 8.62. The molecule has 3 nitrogen and oxygen atoms in total. The first-order chi connectivity index (χ1) is 9.39. The number of hydrogen-bond donors (Lipinski definition) is 1. The van der Waals surface area contributed by atoms with Crippen LogP contribution in [0.5, 0.6) is 0 Å². The third-order valence-corrected chi connectivity index (χ3v) is 5.83. The van der Waals surface area contributed by atoms with Crippen molar-refractivity contribution in [1.29, 1.82) is 0 Å². The molecule has 4 heteroatoms. The lowest BCUT2D eigenvalue weighted by Crippen LogP contribution is -2.45. The van der Waals surface area contributed by atoms with Crippen LogP contribution in [0.2, 0.25) is 0 Å². The Kier molecular flexibility index (Phi) is 4.96. The van der Waals surface area contributed by atoms with Crippen LogP contribution in [0, 0.1) is 18.8 Å². The molecular weight excluding hydrogens is 316 g/mol. The SMILES string of the molecule is CCn1nc(C)c(Br)c1CC1(O)CCCCC1C(C)C. The van der Waals surface area contributed by atoms with Crippen LogP contribution in [-0.4, -0.2) is 20.5 Å². The van der Waals surface area contributed by atoms with Crippen molar-refractivity contribution in [3.05, 3.63) is 15.9 Å². The average molecular weight is 343 g/mol. The lowest BCUT2D eigenvalue weighted by molar-refractivity contribution is -0.0666. The van der Waals surface area contributed by atoms with Crippen LogP contribution in [0.25, 0.3) is 0 Å². The topological polar surface area (TPSA) is 38.0 Å². The van der Waals surface area contributed by atoms with E-state index < -0.39 is 5.60 Å². The van der Waals surface area contributed by atoms with Gasteiger partial charge in [0, 0.05) is 13.0 Å². The molecule has 114 valence electrons. The Morgan fingerprint density at radius 2 is 2.15 bits per heavy atom. The van der Waals surface area contributed by atoms with Crippen molar-refractivity contribution in [3.63, 3.8) is 0 Å². The van der Waals surface area contributed by atoms with E-state index in [-0.39, 0.29) is 0 Å². The summed E-state index contributed by atoms with van der Waals surface area (Å²) in [5.74, 6) is 0.918. The Bertz CT molecular complexity index is 469. The van der Waals surface area contributed by atoms with E-state index in [0.29, 0.717) is 18.3 Å². The Hall–Kier alpha value is -0.350. The number of aromatic nitrogens is 2. The minimum absolute atomic E-state index is 0.392. The zero-order valence-electron chi connectivity index (χ0n) is 13.1. The van der Waals surface area contributed by atoms with Gasteiger partial charge in [0.05, 0.1) is 21.5 Å². The van der Waals surface area contributed by atoms with Crippen molar-refractivity contribution in [2.24, 2.45) is 11.8 Å². The smallest absolute Gasteiger partial charge is 0.0738 e. The number of halogens is 1. The molecule has 1 saturated carbocycles. The standard InChI is InChI=1S/C16H27BrN2O/c1-5-19-14(15(17)12(4)18-19)10-16(20)9-7-6-8-13(16)11(2)3/h11,13,20H,5-10H2,1-4H3. The van der Waals surface area contributed by atoms with E-state index in [1.807, 2.05) is 11.6 Å². The molecule has 1 fully saturated rings. The van der Waals surface area contributed by atoms with Crippen LogP contribution in [0.1, 0.15) is 57.8 Å². The van der Waals surface area contributed by atoms with E-state index in [1.54, 1.807) is 0 Å². The van der Waals surface area contributed by atoms with Crippen LogP contribution in [0.3, 0.4) is 0 Å². The van der Waals surface area contributed by atoms with Crippen LogP contribution < -0.4 is 0 Å². The third kappa shape index (κ3) is 2.96. The van der Waals surface area contributed by atoms with E-state index in [2.05, 4.69) is 41.8 Å². The van der Waals surface area contributed by atoms with Gasteiger partial charge in [0.1, 0.15) is 0 Å². The molecule has 0 aromatic carbocycles. The molecule has 1 aliphatic rings. The predicted molar refractivity (Wildman–Crippen MR) is 85.8 cm³/mol. The van der Waals surface area contributed by atoms with Gasteiger partial charge in [-0.15, -0.1) is 0 Å². The second-order valence-corrected chi connectivity index (χ2v) is 7.33. The first-order valence-electron chi connectivity index (χ1n) is 7.83. The van der Waals surface area contributed by atoms with Gasteiger partial charge in [0.25, 0.3) is 0 Å². The molecule has 0 aliphatic heterocycles. The van der Waals surface area contributed by atoms with Gasteiger partial charge in [-0.2, -0.15) is 5.10 Å². The molecule has 2 atom stereocenters. The second kappa shape index (κ2) is 6.18. The molecule has 0 spiro atoms. The van der Waals surface area contributed by atoms with Crippen molar-refractivity contribution >= 4 is 15.9 Å². The van der Waals surface area contributed by atoms with Crippen molar-refractivity contribution in [2.75, 3.05) is 0 Å². The summed E-state index contributed by atoms with van der Waals surface area (Å²) in [6.45, 7) is 9.44. The highest BCUT2D eigenvalue weighted by molar-refractivity contribution is 9.10. The zero-order valence-corrected chi connectivity index (χ0v) is 14.7. The van der Waals surface area contributed by atoms with E-state index in [0.717, 1.165) is 41.7 Å². The largest absolute Gasteiger partial charge is 0.389 e. The highest BCUT2D eigenvalue weighted by Gasteiger charge is 2.41. The average Bonchev–Trinajstić information content (AvgIpc) is 2.66. The van der Waals surface area contributed by atoms with Crippen molar-refractivity contribution in [3.8, 4) is 0 Å². The van der Waals surface area contributed by atoms with Gasteiger partial charge in [-0.25, -0.2) is 0 Å². The molecule has 0 saturated heterocycles.